The summed E-state index contributed by atoms with van der Waals surface area (Å²) in [7, 11) is 0. The van der Waals surface area contributed by atoms with Gasteiger partial charge in [0.2, 0.25) is 11.7 Å². The Morgan fingerprint density at radius 1 is 1.05 bits per heavy atom. The second-order valence-corrected chi connectivity index (χ2v) is 9.59. The highest BCUT2D eigenvalue weighted by Crippen LogP contribution is 2.27. The fourth-order valence-corrected chi connectivity index (χ4v) is 4.27. The minimum atomic E-state index is -1.12. The number of amides is 1. The Bertz CT molecular complexity index is 1670. The van der Waals surface area contributed by atoms with E-state index in [2.05, 4.69) is 16.0 Å². The molecule has 0 bridgehead atoms. The van der Waals surface area contributed by atoms with Crippen LogP contribution in [0.2, 0.25) is 0 Å². The summed E-state index contributed by atoms with van der Waals surface area (Å²) in [6.45, 7) is 3.41. The van der Waals surface area contributed by atoms with Crippen molar-refractivity contribution < 1.29 is 19.1 Å². The smallest absolute Gasteiger partial charge is 0.371 e. The van der Waals surface area contributed by atoms with Gasteiger partial charge in [-0.2, -0.15) is 5.26 Å². The Morgan fingerprint density at radius 2 is 1.81 bits per heavy atom. The molecule has 43 heavy (non-hydrogen) atoms. The molecule has 5 aromatic rings. The zero-order valence-corrected chi connectivity index (χ0v) is 23.8. The third-order valence-electron chi connectivity index (χ3n) is 6.54. The van der Waals surface area contributed by atoms with E-state index >= 15 is 0 Å². The van der Waals surface area contributed by atoms with Crippen LogP contribution >= 0.6 is 0 Å². The molecule has 1 amide bonds. The quantitative estimate of drug-likeness (QED) is 0.217. The second-order valence-electron chi connectivity index (χ2n) is 9.59. The van der Waals surface area contributed by atoms with Crippen molar-refractivity contribution >= 4 is 17.6 Å². The molecule has 5 rings (SSSR count). The maximum absolute atomic E-state index is 13.0. The van der Waals surface area contributed by atoms with Gasteiger partial charge in [-0.25, -0.2) is 9.78 Å². The topological polar surface area (TPSA) is 151 Å². The molecule has 0 aliphatic carbocycles. The lowest BCUT2D eigenvalue weighted by Crippen LogP contribution is -2.31. The van der Waals surface area contributed by atoms with Crippen LogP contribution < -0.4 is 10.6 Å². The van der Waals surface area contributed by atoms with Gasteiger partial charge in [-0.3, -0.25) is 9.78 Å². The zero-order valence-electron chi connectivity index (χ0n) is 23.8. The number of hydrogen-bond acceptors (Lipinski definition) is 7. The Morgan fingerprint density at radius 3 is 2.40 bits per heavy atom. The number of nitrogens with zero attached hydrogens (tertiary/aromatic N) is 5. The number of benzene rings is 2. The second kappa shape index (κ2) is 14.9. The third kappa shape index (κ3) is 8.25. The number of carbonyl (C=O) groups excluding carboxylic acids is 1. The first kappa shape index (κ1) is 30.4. The first-order valence-electron chi connectivity index (χ1n) is 13.7. The van der Waals surface area contributed by atoms with Gasteiger partial charge in [-0.1, -0.05) is 25.1 Å². The van der Waals surface area contributed by atoms with Gasteiger partial charge in [0.25, 0.3) is 0 Å². The molecular weight excluding hydrogens is 544 g/mol. The molecule has 0 radical (unpaired) electrons. The molecule has 0 fully saturated rings. The number of rotatable bonds is 10. The first-order valence-corrected chi connectivity index (χ1v) is 13.7. The predicted octanol–water partition coefficient (Wildman–Crippen LogP) is 5.63. The number of carboxylic acids is 1. The number of carboxylic acid groups (broad SMARTS) is 1. The number of nitriles is 1. The number of aromatic nitrogens is 3. The fraction of sp³-hybridized carbons (Fsp3) is 0.182. The minimum Gasteiger partial charge on any atom is -0.475 e. The number of hydrogen-bond donors (Lipinski definition) is 2. The number of imidazole rings is 1. The van der Waals surface area contributed by atoms with E-state index in [1.54, 1.807) is 54.0 Å². The maximum atomic E-state index is 13.0. The number of aromatic carboxylic acids is 1. The van der Waals surface area contributed by atoms with E-state index in [-0.39, 0.29) is 11.7 Å². The Kier molecular flexibility index (Phi) is 10.6. The highest BCUT2D eigenvalue weighted by Gasteiger charge is 2.18. The number of anilines is 1. The Labute approximate surface area is 249 Å². The Balaban J connectivity index is 0.000000458. The van der Waals surface area contributed by atoms with Gasteiger partial charge in [0.05, 0.1) is 35.9 Å². The molecule has 0 aliphatic heterocycles. The van der Waals surface area contributed by atoms with E-state index < -0.39 is 5.97 Å². The molecule has 3 aromatic heterocycles. The van der Waals surface area contributed by atoms with Gasteiger partial charge in [-0.15, -0.1) is 0 Å². The summed E-state index contributed by atoms with van der Waals surface area (Å²) in [6, 6.07) is 25.5. The van der Waals surface area contributed by atoms with Crippen LogP contribution in [0.4, 0.5) is 5.69 Å². The van der Waals surface area contributed by atoms with Crippen LogP contribution in [0.5, 0.6) is 0 Å². The van der Waals surface area contributed by atoms with E-state index in [1.807, 2.05) is 54.0 Å². The first-order chi connectivity index (χ1) is 20.9. The van der Waals surface area contributed by atoms with Crippen LogP contribution in [0.3, 0.4) is 0 Å². The largest absolute Gasteiger partial charge is 0.475 e. The van der Waals surface area contributed by atoms with Crippen molar-refractivity contribution in [1.82, 2.24) is 14.5 Å². The molecular formula is C33H32N6O4. The van der Waals surface area contributed by atoms with Crippen LogP contribution in [0.1, 0.15) is 52.8 Å². The van der Waals surface area contributed by atoms with Crippen molar-refractivity contribution in [2.24, 2.45) is 5.73 Å². The van der Waals surface area contributed by atoms with E-state index in [1.165, 1.54) is 6.07 Å². The lowest BCUT2D eigenvalue weighted by atomic mass is 10.1. The number of nitrogens with two attached hydrogens (primary N) is 1. The molecule has 0 saturated carbocycles. The fourth-order valence-electron chi connectivity index (χ4n) is 4.27. The van der Waals surface area contributed by atoms with Crippen molar-refractivity contribution in [3.8, 4) is 17.4 Å². The van der Waals surface area contributed by atoms with Gasteiger partial charge < -0.3 is 24.7 Å². The lowest BCUT2D eigenvalue weighted by Gasteiger charge is -2.24. The van der Waals surface area contributed by atoms with E-state index in [0.29, 0.717) is 37.4 Å². The molecule has 3 heterocycles. The number of carbonyl (C=O) groups is 2. The summed E-state index contributed by atoms with van der Waals surface area (Å²) in [5.74, 6) is -0.806. The van der Waals surface area contributed by atoms with Crippen LogP contribution in [0.15, 0.2) is 102 Å². The Hall–Kier alpha value is -5.53. The molecule has 2 aromatic carbocycles. The monoisotopic (exact) mass is 576 g/mol. The van der Waals surface area contributed by atoms with Crippen LogP contribution in [-0.2, 0) is 24.4 Å². The standard InChI is InChI=1S/C27H24N4O4.C6H8N2/c1-2-3-26(32)31(22-10-8-21(9-11-22)24-12-13-25(35-24)27(33)34)17-23-15-29-18-30(23)16-20-6-4-19(14-28)5-7-20;7-5-6-3-1-2-4-8-6/h4-13,15,18H,2-3,16-17H2,1H3,(H,33,34);1-4H,5,7H2. The van der Waals surface area contributed by atoms with E-state index in [9.17, 15) is 9.59 Å². The van der Waals surface area contributed by atoms with Crippen molar-refractivity contribution in [3.05, 3.63) is 126 Å². The summed E-state index contributed by atoms with van der Waals surface area (Å²) in [5.41, 5.74) is 10.2. The zero-order chi connectivity index (χ0) is 30.6. The van der Waals surface area contributed by atoms with Crippen LogP contribution in [0, 0.1) is 11.3 Å². The SMILES string of the molecule is CCCC(=O)N(Cc1cncn1Cc1ccc(C#N)cc1)c1ccc(-c2ccc(C(=O)O)o2)cc1.NCc1ccccn1. The number of pyridine rings is 1. The average Bonchev–Trinajstić information content (AvgIpc) is 3.71. The van der Waals surface area contributed by atoms with Gasteiger partial charge in [0, 0.05) is 43.2 Å². The van der Waals surface area contributed by atoms with Gasteiger partial charge in [0.1, 0.15) is 5.76 Å². The van der Waals surface area contributed by atoms with E-state index in [4.69, 9.17) is 20.5 Å². The molecule has 0 saturated heterocycles. The lowest BCUT2D eigenvalue weighted by molar-refractivity contribution is -0.118. The summed E-state index contributed by atoms with van der Waals surface area (Å²) < 4.78 is 7.36. The summed E-state index contributed by atoms with van der Waals surface area (Å²) in [5, 5.41) is 18.1. The third-order valence-corrected chi connectivity index (χ3v) is 6.54. The number of furan rings is 1. The minimum absolute atomic E-state index is 0.00228. The molecule has 218 valence electrons. The molecule has 10 heteroatoms. The highest BCUT2D eigenvalue weighted by molar-refractivity contribution is 5.93. The summed E-state index contributed by atoms with van der Waals surface area (Å²) in [6.07, 6.45) is 6.35. The van der Waals surface area contributed by atoms with Crippen molar-refractivity contribution in [2.45, 2.75) is 39.4 Å². The summed E-state index contributed by atoms with van der Waals surface area (Å²) in [4.78, 5) is 34.1. The van der Waals surface area contributed by atoms with Crippen molar-refractivity contribution in [3.63, 3.8) is 0 Å². The predicted molar refractivity (Wildman–Crippen MR) is 162 cm³/mol. The van der Waals surface area contributed by atoms with Crippen LogP contribution in [0.25, 0.3) is 11.3 Å². The molecule has 0 atom stereocenters. The van der Waals surface area contributed by atoms with Gasteiger partial charge in [-0.05, 0) is 72.6 Å². The van der Waals surface area contributed by atoms with Gasteiger partial charge in [0.15, 0.2) is 0 Å². The molecule has 0 aliphatic rings. The normalized spacial score (nSPS) is 10.3. The maximum Gasteiger partial charge on any atom is 0.371 e. The van der Waals surface area contributed by atoms with Crippen molar-refractivity contribution in [1.29, 1.82) is 5.26 Å². The van der Waals surface area contributed by atoms with Crippen LogP contribution in [-0.4, -0.2) is 31.5 Å². The van der Waals surface area contributed by atoms with Gasteiger partial charge >= 0.3 is 5.97 Å². The van der Waals surface area contributed by atoms with Crippen molar-refractivity contribution in [2.75, 3.05) is 4.90 Å². The van der Waals surface area contributed by atoms with E-state index in [0.717, 1.165) is 34.6 Å². The molecule has 0 unspecified atom stereocenters. The highest BCUT2D eigenvalue weighted by atomic mass is 16.4. The molecule has 3 N–H and O–H groups in total. The average molecular weight is 577 g/mol. The molecule has 0 spiro atoms. The summed E-state index contributed by atoms with van der Waals surface area (Å²) >= 11 is 0. The molecule has 10 nitrogen and oxygen atoms in total.